The molecule has 4 aliphatic rings. The minimum Gasteiger partial charge on any atom is -0.462 e. The average molecular weight is 344 g/mol. The van der Waals surface area contributed by atoms with Gasteiger partial charge in [-0.3, -0.25) is 9.69 Å². The third-order valence-electron chi connectivity index (χ3n) is 5.34. The number of esters is 1. The second-order valence-electron chi connectivity index (χ2n) is 6.72. The summed E-state index contributed by atoms with van der Waals surface area (Å²) >= 11 is 0. The molecular weight excluding hydrogens is 324 g/mol. The van der Waals surface area contributed by atoms with E-state index in [-0.39, 0.29) is 18.4 Å². The van der Waals surface area contributed by atoms with Crippen molar-refractivity contribution >= 4 is 23.7 Å². The van der Waals surface area contributed by atoms with E-state index in [1.807, 2.05) is 0 Å². The number of anilines is 1. The summed E-state index contributed by atoms with van der Waals surface area (Å²) in [5.41, 5.74) is -0.434. The fraction of sp³-hybridized carbons (Fsp3) is 0.500. The van der Waals surface area contributed by atoms with E-state index < -0.39 is 17.7 Å². The second-order valence-corrected chi connectivity index (χ2v) is 6.72. The van der Waals surface area contributed by atoms with E-state index in [0.717, 1.165) is 30.8 Å². The molecule has 0 radical (unpaired) electrons. The van der Waals surface area contributed by atoms with Gasteiger partial charge in [-0.05, 0) is 51.1 Å². The molecule has 1 aromatic carbocycles. The number of amides is 2. The molecule has 7 heteroatoms. The van der Waals surface area contributed by atoms with Crippen LogP contribution in [0.1, 0.15) is 30.1 Å². The summed E-state index contributed by atoms with van der Waals surface area (Å²) in [5.74, 6) is -0.748. The molecular formula is C18H20N2O5. The number of carbonyl (C=O) groups is 3. The SMILES string of the molecule is CCOC(=O)c1cccc(N2C(=O)OC3(CN4CCC3CC4)C2=O)c1. The lowest BCUT2D eigenvalue weighted by Crippen LogP contribution is -2.63. The van der Waals surface area contributed by atoms with Gasteiger partial charge in [0.2, 0.25) is 5.60 Å². The van der Waals surface area contributed by atoms with Crippen molar-refractivity contribution in [2.75, 3.05) is 31.1 Å². The number of fused-ring (bicyclic) bond motifs is 2. The highest BCUT2D eigenvalue weighted by Gasteiger charge is 2.62. The Morgan fingerprint density at radius 3 is 2.72 bits per heavy atom. The summed E-state index contributed by atoms with van der Waals surface area (Å²) in [6, 6.07) is 6.35. The lowest BCUT2D eigenvalue weighted by atomic mass is 9.75. The zero-order valence-electron chi connectivity index (χ0n) is 14.1. The molecule has 0 saturated carbocycles. The molecule has 0 N–H and O–H groups in total. The first-order valence-electron chi connectivity index (χ1n) is 8.62. The number of hydrogen-bond acceptors (Lipinski definition) is 6. The first-order valence-corrected chi connectivity index (χ1v) is 8.62. The number of ether oxygens (including phenoxy) is 2. The molecule has 2 bridgehead atoms. The number of imide groups is 1. The van der Waals surface area contributed by atoms with E-state index in [1.54, 1.807) is 25.1 Å². The Labute approximate surface area is 145 Å². The highest BCUT2D eigenvalue weighted by Crippen LogP contribution is 2.44. The van der Waals surface area contributed by atoms with Crippen LogP contribution in [-0.4, -0.2) is 54.7 Å². The number of piperidine rings is 3. The molecule has 4 aliphatic heterocycles. The molecule has 1 unspecified atom stereocenters. The van der Waals surface area contributed by atoms with Crippen LogP contribution >= 0.6 is 0 Å². The van der Waals surface area contributed by atoms with E-state index in [9.17, 15) is 14.4 Å². The molecule has 5 rings (SSSR count). The van der Waals surface area contributed by atoms with Gasteiger partial charge in [0.15, 0.2) is 0 Å². The van der Waals surface area contributed by atoms with Crippen LogP contribution in [0.3, 0.4) is 0 Å². The number of carbonyl (C=O) groups excluding carboxylic acids is 3. The van der Waals surface area contributed by atoms with Crippen LogP contribution in [-0.2, 0) is 14.3 Å². The van der Waals surface area contributed by atoms with Crippen molar-refractivity contribution in [3.63, 3.8) is 0 Å². The molecule has 132 valence electrons. The van der Waals surface area contributed by atoms with Gasteiger partial charge in [-0.25, -0.2) is 14.5 Å². The minimum absolute atomic E-state index is 0.0622. The van der Waals surface area contributed by atoms with Crippen LogP contribution in [0.25, 0.3) is 0 Å². The second kappa shape index (κ2) is 5.84. The number of rotatable bonds is 3. The third-order valence-corrected chi connectivity index (χ3v) is 5.34. The number of benzene rings is 1. The van der Waals surface area contributed by atoms with E-state index in [4.69, 9.17) is 9.47 Å². The van der Waals surface area contributed by atoms with Gasteiger partial charge in [-0.15, -0.1) is 0 Å². The Balaban J connectivity index is 1.65. The van der Waals surface area contributed by atoms with Gasteiger partial charge >= 0.3 is 12.1 Å². The van der Waals surface area contributed by atoms with Crippen molar-refractivity contribution in [2.45, 2.75) is 25.4 Å². The van der Waals surface area contributed by atoms with Crippen molar-refractivity contribution in [3.8, 4) is 0 Å². The van der Waals surface area contributed by atoms with E-state index in [2.05, 4.69) is 4.90 Å². The van der Waals surface area contributed by atoms with Crippen LogP contribution in [0.2, 0.25) is 0 Å². The fourth-order valence-electron chi connectivity index (χ4n) is 4.10. The Kier molecular flexibility index (Phi) is 3.76. The van der Waals surface area contributed by atoms with Gasteiger partial charge in [-0.1, -0.05) is 6.07 Å². The molecule has 1 spiro atoms. The van der Waals surface area contributed by atoms with E-state index in [0.29, 0.717) is 17.8 Å². The highest BCUT2D eigenvalue weighted by molar-refractivity contribution is 6.20. The van der Waals surface area contributed by atoms with Crippen LogP contribution < -0.4 is 4.90 Å². The van der Waals surface area contributed by atoms with Crippen LogP contribution in [0.15, 0.2) is 24.3 Å². The normalized spacial score (nSPS) is 30.7. The highest BCUT2D eigenvalue weighted by atomic mass is 16.6. The fourth-order valence-corrected chi connectivity index (χ4v) is 4.10. The number of hydrogen-bond donors (Lipinski definition) is 0. The molecule has 0 aliphatic carbocycles. The zero-order valence-corrected chi connectivity index (χ0v) is 14.1. The third kappa shape index (κ3) is 2.41. The Morgan fingerprint density at radius 2 is 2.08 bits per heavy atom. The van der Waals surface area contributed by atoms with Crippen LogP contribution in [0.5, 0.6) is 0 Å². The first kappa shape index (κ1) is 16.1. The molecule has 0 aromatic heterocycles. The molecule has 4 heterocycles. The maximum Gasteiger partial charge on any atom is 0.422 e. The van der Waals surface area contributed by atoms with Crippen molar-refractivity contribution < 1.29 is 23.9 Å². The Hall–Kier alpha value is -2.41. The minimum atomic E-state index is -1.08. The molecule has 4 fully saturated rings. The van der Waals surface area contributed by atoms with Crippen molar-refractivity contribution in [2.24, 2.45) is 5.92 Å². The predicted octanol–water partition coefficient (Wildman–Crippen LogP) is 1.81. The van der Waals surface area contributed by atoms with Gasteiger partial charge in [0.05, 0.1) is 17.9 Å². The summed E-state index contributed by atoms with van der Waals surface area (Å²) in [5, 5.41) is 0. The number of nitrogens with zero attached hydrogens (tertiary/aromatic N) is 2. The maximum atomic E-state index is 13.1. The zero-order chi connectivity index (χ0) is 17.6. The average Bonchev–Trinajstić information content (AvgIpc) is 2.86. The summed E-state index contributed by atoms with van der Waals surface area (Å²) in [6.07, 6.45) is 1.05. The summed E-state index contributed by atoms with van der Waals surface area (Å²) in [6.45, 7) is 4.32. The smallest absolute Gasteiger partial charge is 0.422 e. The Morgan fingerprint density at radius 1 is 1.32 bits per heavy atom. The lowest BCUT2D eigenvalue weighted by molar-refractivity contribution is -0.148. The quantitative estimate of drug-likeness (QED) is 0.779. The van der Waals surface area contributed by atoms with Gasteiger partial charge in [-0.2, -0.15) is 0 Å². The molecule has 2 amide bonds. The maximum absolute atomic E-state index is 13.1. The summed E-state index contributed by atoms with van der Waals surface area (Å²) in [7, 11) is 0. The molecule has 4 saturated heterocycles. The van der Waals surface area contributed by atoms with E-state index in [1.165, 1.54) is 6.07 Å². The van der Waals surface area contributed by atoms with Gasteiger partial charge in [0, 0.05) is 12.5 Å². The van der Waals surface area contributed by atoms with Crippen molar-refractivity contribution in [1.29, 1.82) is 0 Å². The Bertz CT molecular complexity index is 741. The predicted molar refractivity (Wildman–Crippen MR) is 88.3 cm³/mol. The first-order chi connectivity index (χ1) is 12.0. The van der Waals surface area contributed by atoms with Crippen LogP contribution in [0.4, 0.5) is 10.5 Å². The van der Waals surface area contributed by atoms with E-state index >= 15 is 0 Å². The summed E-state index contributed by atoms with van der Waals surface area (Å²) < 4.78 is 10.6. The monoisotopic (exact) mass is 344 g/mol. The van der Waals surface area contributed by atoms with Crippen molar-refractivity contribution in [3.05, 3.63) is 29.8 Å². The summed E-state index contributed by atoms with van der Waals surface area (Å²) in [4.78, 5) is 40.8. The van der Waals surface area contributed by atoms with Crippen LogP contribution in [0, 0.1) is 5.92 Å². The molecule has 1 atom stereocenters. The topological polar surface area (TPSA) is 76.2 Å². The van der Waals surface area contributed by atoms with Gasteiger partial charge in [0.25, 0.3) is 5.91 Å². The molecule has 1 aromatic rings. The van der Waals surface area contributed by atoms with Crippen molar-refractivity contribution in [1.82, 2.24) is 4.90 Å². The molecule has 25 heavy (non-hydrogen) atoms. The van der Waals surface area contributed by atoms with Gasteiger partial charge < -0.3 is 9.47 Å². The molecule has 7 nitrogen and oxygen atoms in total. The largest absolute Gasteiger partial charge is 0.462 e. The standard InChI is InChI=1S/C18H20N2O5/c1-2-24-15(21)12-4-3-5-14(10-12)20-16(22)18(25-17(20)23)11-19-8-6-13(18)7-9-19/h3-5,10,13H,2,6-9,11H2,1H3. The lowest BCUT2D eigenvalue weighted by Gasteiger charge is -2.48. The van der Waals surface area contributed by atoms with Gasteiger partial charge in [0.1, 0.15) is 0 Å².